The van der Waals surface area contributed by atoms with E-state index in [2.05, 4.69) is 4.98 Å². The van der Waals surface area contributed by atoms with Crippen molar-refractivity contribution in [3.63, 3.8) is 0 Å². The van der Waals surface area contributed by atoms with Crippen LogP contribution in [0.3, 0.4) is 0 Å². The fourth-order valence-electron chi connectivity index (χ4n) is 1.36. The van der Waals surface area contributed by atoms with Gasteiger partial charge in [0.15, 0.2) is 10.0 Å². The average Bonchev–Trinajstić information content (AvgIpc) is 2.61. The van der Waals surface area contributed by atoms with Gasteiger partial charge in [0.2, 0.25) is 0 Å². The van der Waals surface area contributed by atoms with E-state index in [-0.39, 0.29) is 10.0 Å². The van der Waals surface area contributed by atoms with E-state index < -0.39 is 5.97 Å². The molecule has 0 aliphatic heterocycles. The highest BCUT2D eigenvalue weighted by atomic mass is 35.5. The van der Waals surface area contributed by atoms with Gasteiger partial charge in [0, 0.05) is 5.56 Å². The van der Waals surface area contributed by atoms with E-state index in [4.69, 9.17) is 16.7 Å². The minimum Gasteiger partial charge on any atom is -0.477 e. The third kappa shape index (κ3) is 1.94. The van der Waals surface area contributed by atoms with Crippen LogP contribution in [-0.2, 0) is 0 Å². The summed E-state index contributed by atoms with van der Waals surface area (Å²) in [5.41, 5.74) is 1.96. The van der Waals surface area contributed by atoms with E-state index in [0.29, 0.717) is 5.01 Å². The molecular formula is C11H8ClNO2S. The molecule has 1 aromatic heterocycles. The van der Waals surface area contributed by atoms with Gasteiger partial charge in [0.05, 0.1) is 0 Å². The number of carboxylic acids is 1. The van der Waals surface area contributed by atoms with Gasteiger partial charge in [-0.15, -0.1) is 11.3 Å². The van der Waals surface area contributed by atoms with Crippen LogP contribution in [0.15, 0.2) is 24.3 Å². The van der Waals surface area contributed by atoms with Crippen LogP contribution in [0, 0.1) is 6.92 Å². The average molecular weight is 254 g/mol. The molecule has 0 fully saturated rings. The van der Waals surface area contributed by atoms with E-state index in [1.165, 1.54) is 0 Å². The van der Waals surface area contributed by atoms with Gasteiger partial charge in [-0.3, -0.25) is 0 Å². The Bertz CT molecular complexity index is 551. The molecule has 0 spiro atoms. The Morgan fingerprint density at radius 2 is 2.12 bits per heavy atom. The number of halogens is 1. The van der Waals surface area contributed by atoms with Crippen molar-refractivity contribution >= 4 is 28.9 Å². The SMILES string of the molecule is Cc1ccccc1-c1nc(Cl)c(C(=O)O)s1. The fraction of sp³-hybridized carbons (Fsp3) is 0.0909. The third-order valence-corrected chi connectivity index (χ3v) is 3.62. The molecule has 16 heavy (non-hydrogen) atoms. The predicted molar refractivity (Wildman–Crippen MR) is 64.3 cm³/mol. The van der Waals surface area contributed by atoms with Crippen LogP contribution in [0.5, 0.6) is 0 Å². The normalized spacial score (nSPS) is 10.4. The highest BCUT2D eigenvalue weighted by Gasteiger charge is 2.17. The Morgan fingerprint density at radius 3 is 2.69 bits per heavy atom. The summed E-state index contributed by atoms with van der Waals surface area (Å²) in [5.74, 6) is -1.04. The molecule has 0 radical (unpaired) electrons. The minimum atomic E-state index is -1.04. The van der Waals surface area contributed by atoms with Crippen molar-refractivity contribution < 1.29 is 9.90 Å². The molecule has 0 bridgehead atoms. The summed E-state index contributed by atoms with van der Waals surface area (Å²) >= 11 is 6.85. The van der Waals surface area contributed by atoms with Gasteiger partial charge < -0.3 is 5.11 Å². The molecule has 0 amide bonds. The molecule has 0 aliphatic carbocycles. The van der Waals surface area contributed by atoms with E-state index >= 15 is 0 Å². The molecule has 5 heteroatoms. The van der Waals surface area contributed by atoms with Gasteiger partial charge in [0.25, 0.3) is 0 Å². The van der Waals surface area contributed by atoms with Crippen molar-refractivity contribution in [2.24, 2.45) is 0 Å². The number of carboxylic acid groups (broad SMARTS) is 1. The number of rotatable bonds is 2. The van der Waals surface area contributed by atoms with E-state index in [0.717, 1.165) is 22.5 Å². The molecular weight excluding hydrogens is 246 g/mol. The lowest BCUT2D eigenvalue weighted by Crippen LogP contribution is -1.91. The summed E-state index contributed by atoms with van der Waals surface area (Å²) in [6, 6.07) is 7.66. The summed E-state index contributed by atoms with van der Waals surface area (Å²) in [6.07, 6.45) is 0. The Balaban J connectivity index is 2.54. The fourth-order valence-corrected chi connectivity index (χ4v) is 2.58. The minimum absolute atomic E-state index is 0.0516. The first-order chi connectivity index (χ1) is 7.59. The quantitative estimate of drug-likeness (QED) is 0.892. The standard InChI is InChI=1S/C11H8ClNO2S/c1-6-4-2-3-5-7(6)10-13-9(12)8(16-10)11(14)15/h2-5H,1H3,(H,14,15). The van der Waals surface area contributed by atoms with Crippen LogP contribution in [0.1, 0.15) is 15.2 Å². The Kier molecular flexibility index (Phi) is 2.94. The first-order valence-corrected chi connectivity index (χ1v) is 5.74. The lowest BCUT2D eigenvalue weighted by atomic mass is 10.1. The Hall–Kier alpha value is -1.39. The van der Waals surface area contributed by atoms with Crippen LogP contribution in [0.4, 0.5) is 0 Å². The predicted octanol–water partition coefficient (Wildman–Crippen LogP) is 3.47. The second-order valence-corrected chi connectivity index (χ2v) is 4.62. The topological polar surface area (TPSA) is 50.2 Å². The number of carbonyl (C=O) groups is 1. The van der Waals surface area contributed by atoms with Gasteiger partial charge in [-0.05, 0) is 12.5 Å². The lowest BCUT2D eigenvalue weighted by molar-refractivity contribution is 0.0702. The van der Waals surface area contributed by atoms with Crippen molar-refractivity contribution in [2.75, 3.05) is 0 Å². The maximum atomic E-state index is 10.8. The molecule has 2 aromatic rings. The highest BCUT2D eigenvalue weighted by molar-refractivity contribution is 7.17. The molecule has 1 heterocycles. The molecule has 0 aliphatic rings. The van der Waals surface area contributed by atoms with Gasteiger partial charge in [0.1, 0.15) is 5.01 Å². The number of aromatic carboxylic acids is 1. The van der Waals surface area contributed by atoms with Gasteiger partial charge in [-0.1, -0.05) is 35.9 Å². The third-order valence-electron chi connectivity index (χ3n) is 2.16. The molecule has 0 saturated carbocycles. The van der Waals surface area contributed by atoms with Gasteiger partial charge in [-0.2, -0.15) is 0 Å². The first-order valence-electron chi connectivity index (χ1n) is 4.55. The molecule has 1 N–H and O–H groups in total. The molecule has 1 aromatic carbocycles. The van der Waals surface area contributed by atoms with Crippen LogP contribution in [0.2, 0.25) is 5.15 Å². The maximum Gasteiger partial charge on any atom is 0.349 e. The highest BCUT2D eigenvalue weighted by Crippen LogP contribution is 2.32. The number of nitrogens with zero attached hydrogens (tertiary/aromatic N) is 1. The maximum absolute atomic E-state index is 10.8. The molecule has 0 saturated heterocycles. The second-order valence-electron chi connectivity index (χ2n) is 3.26. The second kappa shape index (κ2) is 4.23. The van der Waals surface area contributed by atoms with Crippen molar-refractivity contribution in [1.29, 1.82) is 0 Å². The number of aromatic nitrogens is 1. The summed E-state index contributed by atoms with van der Waals surface area (Å²) < 4.78 is 0. The molecule has 3 nitrogen and oxygen atoms in total. The lowest BCUT2D eigenvalue weighted by Gasteiger charge is -1.99. The van der Waals surface area contributed by atoms with Crippen molar-refractivity contribution in [2.45, 2.75) is 6.92 Å². The Morgan fingerprint density at radius 1 is 1.44 bits per heavy atom. The van der Waals surface area contributed by atoms with Gasteiger partial charge >= 0.3 is 5.97 Å². The van der Waals surface area contributed by atoms with Crippen LogP contribution in [-0.4, -0.2) is 16.1 Å². The summed E-state index contributed by atoms with van der Waals surface area (Å²) in [6.45, 7) is 1.95. The number of aryl methyl sites for hydroxylation is 1. The monoisotopic (exact) mass is 253 g/mol. The van der Waals surface area contributed by atoms with E-state index in [1.807, 2.05) is 31.2 Å². The smallest absolute Gasteiger partial charge is 0.349 e. The largest absolute Gasteiger partial charge is 0.477 e. The molecule has 0 atom stereocenters. The van der Waals surface area contributed by atoms with Crippen molar-refractivity contribution in [1.82, 2.24) is 4.98 Å². The van der Waals surface area contributed by atoms with Crippen molar-refractivity contribution in [3.05, 3.63) is 39.9 Å². The van der Waals surface area contributed by atoms with E-state index in [1.54, 1.807) is 0 Å². The van der Waals surface area contributed by atoms with Crippen LogP contribution >= 0.6 is 22.9 Å². The number of hydrogen-bond donors (Lipinski definition) is 1. The van der Waals surface area contributed by atoms with Crippen molar-refractivity contribution in [3.8, 4) is 10.6 Å². The number of benzene rings is 1. The van der Waals surface area contributed by atoms with E-state index in [9.17, 15) is 4.79 Å². The molecule has 82 valence electrons. The zero-order valence-electron chi connectivity index (χ0n) is 8.40. The summed E-state index contributed by atoms with van der Waals surface area (Å²) in [5, 5.41) is 9.57. The Labute approximate surface area is 101 Å². The van der Waals surface area contributed by atoms with Gasteiger partial charge in [-0.25, -0.2) is 9.78 Å². The number of thiazole rings is 1. The summed E-state index contributed by atoms with van der Waals surface area (Å²) in [7, 11) is 0. The summed E-state index contributed by atoms with van der Waals surface area (Å²) in [4.78, 5) is 15.0. The van der Waals surface area contributed by atoms with Crippen LogP contribution in [0.25, 0.3) is 10.6 Å². The first kappa shape index (κ1) is 11.1. The zero-order chi connectivity index (χ0) is 11.7. The number of hydrogen-bond acceptors (Lipinski definition) is 3. The zero-order valence-corrected chi connectivity index (χ0v) is 9.97. The molecule has 0 unspecified atom stereocenters. The molecule has 2 rings (SSSR count). The van der Waals surface area contributed by atoms with Crippen LogP contribution < -0.4 is 0 Å².